The molecule has 1 aliphatic rings. The van der Waals surface area contributed by atoms with Gasteiger partial charge in [0, 0.05) is 38.5 Å². The molecule has 0 aromatic carbocycles. The molecule has 0 unspecified atom stereocenters. The zero-order chi connectivity index (χ0) is 43.7. The number of nitrogens with one attached hydrogen (secondary N) is 6. The van der Waals surface area contributed by atoms with Crippen molar-refractivity contribution in [2.45, 2.75) is 95.2 Å². The number of aliphatic carboxylic acids is 2. The van der Waals surface area contributed by atoms with Crippen molar-refractivity contribution in [3.05, 3.63) is 0 Å². The van der Waals surface area contributed by atoms with E-state index in [1.54, 1.807) is 0 Å². The Morgan fingerprint density at radius 3 is 1.78 bits per heavy atom. The van der Waals surface area contributed by atoms with Gasteiger partial charge in [0.15, 0.2) is 5.96 Å². The van der Waals surface area contributed by atoms with Crippen molar-refractivity contribution in [2.75, 3.05) is 79.0 Å². The van der Waals surface area contributed by atoms with Crippen molar-refractivity contribution in [3.8, 4) is 0 Å². The van der Waals surface area contributed by atoms with Crippen LogP contribution in [0.1, 0.15) is 77.0 Å². The summed E-state index contributed by atoms with van der Waals surface area (Å²) in [5.41, 5.74) is 10.6. The van der Waals surface area contributed by atoms with Crippen LogP contribution in [0.5, 0.6) is 0 Å². The number of hydrogen-bond acceptors (Lipinski definition) is 14. The highest BCUT2D eigenvalue weighted by Crippen LogP contribution is 2.24. The van der Waals surface area contributed by atoms with Crippen molar-refractivity contribution >= 4 is 60.2 Å². The van der Waals surface area contributed by atoms with Crippen LogP contribution in [0.3, 0.4) is 0 Å². The summed E-state index contributed by atoms with van der Waals surface area (Å²) in [5, 5.41) is 31.9. The van der Waals surface area contributed by atoms with Gasteiger partial charge in [-0.2, -0.15) is 0 Å². The second-order valence-electron chi connectivity index (χ2n) is 13.7. The SMILES string of the molecule is NC(N)=NCCC[C@H](NS)C(=O)NCCCC[C@H](NC(=O)COCCOCCNC(=O)COCCOCCNC(=O)CC[C@H](NC(=O)C1CCCCC1)C(=O)O)C(=O)O. The third-order valence-electron chi connectivity index (χ3n) is 8.87. The summed E-state index contributed by atoms with van der Waals surface area (Å²) in [5.74, 6) is -4.42. The molecule has 1 fully saturated rings. The Labute approximate surface area is 350 Å². The number of nitrogens with zero attached hydrogens (tertiary/aromatic N) is 1. The van der Waals surface area contributed by atoms with Crippen molar-refractivity contribution in [1.82, 2.24) is 31.3 Å². The van der Waals surface area contributed by atoms with E-state index in [2.05, 4.69) is 49.1 Å². The third-order valence-corrected chi connectivity index (χ3v) is 9.18. The van der Waals surface area contributed by atoms with Gasteiger partial charge >= 0.3 is 11.9 Å². The summed E-state index contributed by atoms with van der Waals surface area (Å²) in [6.45, 7) is 1.40. The van der Waals surface area contributed by atoms with E-state index in [9.17, 15) is 43.8 Å². The zero-order valence-electron chi connectivity index (χ0n) is 33.7. The van der Waals surface area contributed by atoms with Gasteiger partial charge in [0.1, 0.15) is 25.3 Å². The maximum absolute atomic E-state index is 12.4. The monoisotopic (exact) mass is 863 g/mol. The Kier molecular flexibility index (Phi) is 30.0. The highest BCUT2D eigenvalue weighted by atomic mass is 32.1. The molecule has 1 rings (SSSR count). The normalized spacial score (nSPS) is 14.3. The molecule has 0 saturated heterocycles. The van der Waals surface area contributed by atoms with E-state index in [1.165, 1.54) is 0 Å². The number of amides is 5. The minimum absolute atomic E-state index is 0.0205. The first kappa shape index (κ1) is 52.7. The first-order valence-corrected chi connectivity index (χ1v) is 20.4. The molecular weight excluding hydrogens is 799 g/mol. The molecule has 5 amide bonds. The maximum Gasteiger partial charge on any atom is 0.326 e. The lowest BCUT2D eigenvalue weighted by molar-refractivity contribution is -0.143. The molecule has 0 aliphatic heterocycles. The average Bonchev–Trinajstić information content (AvgIpc) is 3.20. The van der Waals surface area contributed by atoms with Crippen molar-refractivity contribution < 1.29 is 62.7 Å². The van der Waals surface area contributed by atoms with Crippen molar-refractivity contribution in [1.29, 1.82) is 0 Å². The predicted octanol–water partition coefficient (Wildman–Crippen LogP) is -2.07. The van der Waals surface area contributed by atoms with Crippen LogP contribution in [0.15, 0.2) is 4.99 Å². The fourth-order valence-corrected chi connectivity index (χ4v) is 5.93. The molecule has 0 aromatic rings. The summed E-state index contributed by atoms with van der Waals surface area (Å²) in [4.78, 5) is 87.9. The van der Waals surface area contributed by atoms with Gasteiger partial charge in [-0.3, -0.25) is 33.7 Å². The molecule has 3 atom stereocenters. The van der Waals surface area contributed by atoms with Gasteiger partial charge in [-0.15, -0.1) is 0 Å². The summed E-state index contributed by atoms with van der Waals surface area (Å²) in [6.07, 6.45) is 6.51. The molecule has 1 saturated carbocycles. The number of rotatable bonds is 35. The van der Waals surface area contributed by atoms with E-state index < -0.39 is 36.0 Å². The van der Waals surface area contributed by atoms with E-state index in [0.717, 1.165) is 32.1 Å². The number of nitrogens with two attached hydrogens (primary N) is 2. The molecule has 59 heavy (non-hydrogen) atoms. The molecule has 0 aromatic heterocycles. The van der Waals surface area contributed by atoms with E-state index >= 15 is 0 Å². The number of carboxylic acid groups (broad SMARTS) is 2. The number of carbonyl (C=O) groups is 7. The quantitative estimate of drug-likeness (QED) is 0.0141. The lowest BCUT2D eigenvalue weighted by atomic mass is 9.88. The molecule has 338 valence electrons. The molecule has 22 nitrogen and oxygen atoms in total. The first-order chi connectivity index (χ1) is 28.3. The molecule has 0 spiro atoms. The Balaban J connectivity index is 2.01. The van der Waals surface area contributed by atoms with Crippen LogP contribution in [-0.2, 0) is 52.5 Å². The van der Waals surface area contributed by atoms with E-state index in [0.29, 0.717) is 38.8 Å². The van der Waals surface area contributed by atoms with Crippen molar-refractivity contribution in [2.24, 2.45) is 22.4 Å². The van der Waals surface area contributed by atoms with Gasteiger partial charge in [0.2, 0.25) is 29.5 Å². The van der Waals surface area contributed by atoms with Gasteiger partial charge in [-0.25, -0.2) is 9.59 Å². The molecule has 12 N–H and O–H groups in total. The fourth-order valence-electron chi connectivity index (χ4n) is 5.68. The van der Waals surface area contributed by atoms with Gasteiger partial charge in [-0.05, 0) is 51.4 Å². The molecule has 0 bridgehead atoms. The lowest BCUT2D eigenvalue weighted by Gasteiger charge is -2.23. The summed E-state index contributed by atoms with van der Waals surface area (Å²) < 4.78 is 23.8. The lowest BCUT2D eigenvalue weighted by Crippen LogP contribution is -2.44. The Morgan fingerprint density at radius 2 is 1.19 bits per heavy atom. The second-order valence-corrected chi connectivity index (χ2v) is 13.9. The molecule has 1 aliphatic carbocycles. The highest BCUT2D eigenvalue weighted by molar-refractivity contribution is 7.78. The summed E-state index contributed by atoms with van der Waals surface area (Å²) in [6, 6.07) is -2.79. The third kappa shape index (κ3) is 27.9. The van der Waals surface area contributed by atoms with Crippen LogP contribution in [-0.4, -0.2) is 155 Å². The van der Waals surface area contributed by atoms with Crippen molar-refractivity contribution in [3.63, 3.8) is 0 Å². The average molecular weight is 864 g/mol. The van der Waals surface area contributed by atoms with Crippen LogP contribution in [0.25, 0.3) is 0 Å². The number of guanidine groups is 1. The molecular formula is C36H65N9O13S. The van der Waals surface area contributed by atoms with Gasteiger partial charge < -0.3 is 67.2 Å². The van der Waals surface area contributed by atoms with Gasteiger partial charge in [0.25, 0.3) is 0 Å². The van der Waals surface area contributed by atoms with E-state index in [4.69, 9.17) is 30.4 Å². The highest BCUT2D eigenvalue weighted by Gasteiger charge is 2.27. The van der Waals surface area contributed by atoms with Crippen LogP contribution in [0.2, 0.25) is 0 Å². The maximum atomic E-state index is 12.4. The molecule has 23 heteroatoms. The number of ether oxygens (including phenoxy) is 4. The smallest absolute Gasteiger partial charge is 0.326 e. The summed E-state index contributed by atoms with van der Waals surface area (Å²) >= 11 is 3.98. The van der Waals surface area contributed by atoms with Crippen LogP contribution < -0.4 is 42.8 Å². The van der Waals surface area contributed by atoms with E-state index in [-0.39, 0.29) is 121 Å². The molecule has 0 heterocycles. The number of aliphatic imine (C=N–C) groups is 1. The fraction of sp³-hybridized carbons (Fsp3) is 0.778. The zero-order valence-corrected chi connectivity index (χ0v) is 34.6. The summed E-state index contributed by atoms with van der Waals surface area (Å²) in [7, 11) is 0. The Bertz CT molecular complexity index is 1300. The minimum atomic E-state index is -1.19. The number of carboxylic acids is 2. The number of carbonyl (C=O) groups excluding carboxylic acids is 5. The number of hydrogen-bond donors (Lipinski definition) is 11. The van der Waals surface area contributed by atoms with Crippen LogP contribution in [0.4, 0.5) is 0 Å². The van der Waals surface area contributed by atoms with E-state index in [1.807, 2.05) is 0 Å². The number of unbranched alkanes of at least 4 members (excludes halogenated alkanes) is 1. The second kappa shape index (κ2) is 33.5. The van der Waals surface area contributed by atoms with Crippen LogP contribution >= 0.6 is 12.8 Å². The Morgan fingerprint density at radius 1 is 0.627 bits per heavy atom. The molecule has 0 radical (unpaired) electrons. The first-order valence-electron chi connectivity index (χ1n) is 20.0. The van der Waals surface area contributed by atoms with Gasteiger partial charge in [-0.1, -0.05) is 32.1 Å². The Hall–Kier alpha value is -4.29. The van der Waals surface area contributed by atoms with Crippen LogP contribution in [0, 0.1) is 5.92 Å². The minimum Gasteiger partial charge on any atom is -0.480 e. The van der Waals surface area contributed by atoms with Gasteiger partial charge in [0.05, 0.1) is 45.7 Å². The standard InChI is InChI=1S/C36H65N9O13S/c37-36(38)42-14-6-10-26(45-59)33(50)41-13-5-4-9-27(34(51)52)43-31(48)24-58-22-20-56-18-16-40-30(47)23-57-21-19-55-17-15-39-29(46)12-11-28(35(53)54)44-32(49)25-7-2-1-3-8-25/h25-28,45,59H,1-24H2,(H,39,46)(H,40,47)(H,41,50)(H,43,48)(H,44,49)(H,51,52)(H,53,54)(H4,37,38,42)/t26-,27-,28-/m0/s1. The topological polar surface area (TPSA) is 333 Å². The largest absolute Gasteiger partial charge is 0.480 e. The predicted molar refractivity (Wildman–Crippen MR) is 217 cm³/mol. The number of thiol groups is 1.